The first-order valence-electron chi connectivity index (χ1n) is 10.0. The summed E-state index contributed by atoms with van der Waals surface area (Å²) in [5.74, 6) is 1.62. The molecule has 150 valence electrons. The molecule has 26 heavy (non-hydrogen) atoms. The average Bonchev–Trinajstić information content (AvgIpc) is 2.63. The molecule has 1 aromatic rings. The van der Waals surface area contributed by atoms with Gasteiger partial charge >= 0.3 is 0 Å². The number of ether oxygens (including phenoxy) is 2. The van der Waals surface area contributed by atoms with Crippen LogP contribution in [0, 0.1) is 5.92 Å². The van der Waals surface area contributed by atoms with Gasteiger partial charge in [-0.3, -0.25) is 0 Å². The van der Waals surface area contributed by atoms with Crippen molar-refractivity contribution >= 4 is 0 Å². The first kappa shape index (κ1) is 22.9. The molecule has 1 rings (SSSR count). The maximum atomic E-state index is 10.2. The van der Waals surface area contributed by atoms with Crippen molar-refractivity contribution < 1.29 is 14.6 Å². The van der Waals surface area contributed by atoms with Crippen LogP contribution in [0.5, 0.6) is 5.75 Å². The Balaban J connectivity index is 2.25. The number of β-amino-alcohol motifs (C(OH)–C–C–N with tert-alkyl or cyclic N) is 1. The lowest BCUT2D eigenvalue weighted by Gasteiger charge is -2.28. The average molecular weight is 366 g/mol. The number of methoxy groups -OCH3 is 1. The first-order chi connectivity index (χ1) is 12.4. The molecule has 0 aromatic heterocycles. The summed E-state index contributed by atoms with van der Waals surface area (Å²) in [4.78, 5) is 0. The van der Waals surface area contributed by atoms with Gasteiger partial charge in [0.1, 0.15) is 5.75 Å². The van der Waals surface area contributed by atoms with Crippen LogP contribution in [0.1, 0.15) is 58.9 Å². The highest BCUT2D eigenvalue weighted by Gasteiger charge is 2.19. The molecule has 0 heterocycles. The maximum Gasteiger partial charge on any atom is 0.118 e. The normalized spacial score (nSPS) is 14.2. The third-order valence-electron chi connectivity index (χ3n) is 4.88. The molecule has 0 fully saturated rings. The Kier molecular flexibility index (Phi) is 10.9. The van der Waals surface area contributed by atoms with E-state index < -0.39 is 6.10 Å². The summed E-state index contributed by atoms with van der Waals surface area (Å²) in [7, 11) is 1.68. The third-order valence-corrected chi connectivity index (χ3v) is 4.88. The van der Waals surface area contributed by atoms with Gasteiger partial charge in [-0.1, -0.05) is 45.2 Å². The second kappa shape index (κ2) is 12.3. The molecule has 2 unspecified atom stereocenters. The van der Waals surface area contributed by atoms with Crippen molar-refractivity contribution in [3.63, 3.8) is 0 Å². The molecule has 1 aromatic carbocycles. The zero-order valence-electron chi connectivity index (χ0n) is 17.4. The highest BCUT2D eigenvalue weighted by Crippen LogP contribution is 2.17. The second-order valence-electron chi connectivity index (χ2n) is 7.87. The highest BCUT2D eigenvalue weighted by atomic mass is 16.5. The van der Waals surface area contributed by atoms with E-state index in [0.717, 1.165) is 31.1 Å². The molecule has 0 spiro atoms. The summed E-state index contributed by atoms with van der Waals surface area (Å²) in [5, 5.41) is 13.6. The van der Waals surface area contributed by atoms with E-state index in [4.69, 9.17) is 9.47 Å². The van der Waals surface area contributed by atoms with Crippen LogP contribution in [-0.4, -0.2) is 43.6 Å². The van der Waals surface area contributed by atoms with Crippen LogP contribution in [0.3, 0.4) is 0 Å². The predicted octanol–water partition coefficient (Wildman–Crippen LogP) is 4.20. The lowest BCUT2D eigenvalue weighted by atomic mass is 9.94. The van der Waals surface area contributed by atoms with Crippen molar-refractivity contribution in [1.29, 1.82) is 0 Å². The van der Waals surface area contributed by atoms with Crippen molar-refractivity contribution in [2.45, 2.75) is 71.4 Å². The molecule has 0 aliphatic heterocycles. The number of nitrogens with one attached hydrogen (secondary N) is 1. The van der Waals surface area contributed by atoms with Gasteiger partial charge in [0.05, 0.1) is 19.8 Å². The van der Waals surface area contributed by atoms with Crippen molar-refractivity contribution in [2.24, 2.45) is 5.92 Å². The Morgan fingerprint density at radius 1 is 1.12 bits per heavy atom. The minimum atomic E-state index is -0.476. The fraction of sp³-hybridized carbons (Fsp3) is 0.727. The summed E-state index contributed by atoms with van der Waals surface area (Å²) in [6.45, 7) is 10.5. The van der Waals surface area contributed by atoms with Crippen LogP contribution in [0.4, 0.5) is 0 Å². The lowest BCUT2D eigenvalue weighted by molar-refractivity contribution is 0.0280. The van der Waals surface area contributed by atoms with E-state index >= 15 is 0 Å². The summed E-state index contributed by atoms with van der Waals surface area (Å²) in [6.07, 6.45) is 5.21. The molecule has 0 aliphatic carbocycles. The molecular weight excluding hydrogens is 326 g/mol. The van der Waals surface area contributed by atoms with Gasteiger partial charge in [-0.25, -0.2) is 0 Å². The van der Waals surface area contributed by atoms with Crippen LogP contribution < -0.4 is 10.1 Å². The molecule has 0 saturated carbocycles. The molecule has 4 nitrogen and oxygen atoms in total. The fourth-order valence-electron chi connectivity index (χ4n) is 3.20. The monoisotopic (exact) mass is 365 g/mol. The predicted molar refractivity (Wildman–Crippen MR) is 109 cm³/mol. The number of hydrogen-bond acceptors (Lipinski definition) is 4. The van der Waals surface area contributed by atoms with E-state index in [1.54, 1.807) is 7.11 Å². The Labute approximate surface area is 160 Å². The SMILES string of the molecule is CCCC(CC)CCOCC(O)CNC(C)(C)Cc1ccc(OC)cc1. The molecular formula is C22H39NO3. The number of hydrogen-bond donors (Lipinski definition) is 2. The van der Waals surface area contributed by atoms with Gasteiger partial charge in [-0.15, -0.1) is 0 Å². The van der Waals surface area contributed by atoms with E-state index in [9.17, 15) is 5.11 Å². The molecule has 2 N–H and O–H groups in total. The standard InChI is InChI=1S/C22H39NO3/c1-6-8-18(7-2)13-14-26-17-20(24)16-23-22(3,4)15-19-9-11-21(25-5)12-10-19/h9-12,18,20,23-24H,6-8,13-17H2,1-5H3. The van der Waals surface area contributed by atoms with Crippen molar-refractivity contribution in [3.05, 3.63) is 29.8 Å². The third kappa shape index (κ3) is 9.56. The highest BCUT2D eigenvalue weighted by molar-refractivity contribution is 5.28. The number of aliphatic hydroxyl groups is 1. The first-order valence-corrected chi connectivity index (χ1v) is 10.0. The minimum Gasteiger partial charge on any atom is -0.497 e. The topological polar surface area (TPSA) is 50.7 Å². The maximum absolute atomic E-state index is 10.2. The Hall–Kier alpha value is -1.10. The van der Waals surface area contributed by atoms with Crippen LogP contribution in [0.15, 0.2) is 24.3 Å². The number of aliphatic hydroxyl groups excluding tert-OH is 1. The Morgan fingerprint density at radius 2 is 1.81 bits per heavy atom. The number of rotatable bonds is 14. The van der Waals surface area contributed by atoms with Crippen LogP contribution in [0.2, 0.25) is 0 Å². The van der Waals surface area contributed by atoms with Gasteiger partial charge in [0, 0.05) is 18.7 Å². The Bertz CT molecular complexity index is 473. The van der Waals surface area contributed by atoms with Gasteiger partial charge < -0.3 is 19.9 Å². The van der Waals surface area contributed by atoms with Crippen LogP contribution >= 0.6 is 0 Å². The van der Waals surface area contributed by atoms with E-state index in [-0.39, 0.29) is 5.54 Å². The quantitative estimate of drug-likeness (QED) is 0.485. The second-order valence-corrected chi connectivity index (χ2v) is 7.87. The molecule has 0 saturated heterocycles. The molecule has 2 atom stereocenters. The minimum absolute atomic E-state index is 0.0933. The Morgan fingerprint density at radius 3 is 2.38 bits per heavy atom. The molecule has 0 amide bonds. The van der Waals surface area contributed by atoms with Gasteiger partial charge in [0.2, 0.25) is 0 Å². The summed E-state index contributed by atoms with van der Waals surface area (Å²) in [6, 6.07) is 8.14. The van der Waals surface area contributed by atoms with E-state index in [0.29, 0.717) is 13.2 Å². The summed E-state index contributed by atoms with van der Waals surface area (Å²) in [5.41, 5.74) is 1.15. The zero-order chi connectivity index (χ0) is 19.4. The van der Waals surface area contributed by atoms with Gasteiger partial charge in [0.25, 0.3) is 0 Å². The van der Waals surface area contributed by atoms with E-state index in [1.165, 1.54) is 24.8 Å². The summed E-state index contributed by atoms with van der Waals surface area (Å²) >= 11 is 0. The summed E-state index contributed by atoms with van der Waals surface area (Å²) < 4.78 is 10.9. The van der Waals surface area contributed by atoms with Crippen LogP contribution in [-0.2, 0) is 11.2 Å². The van der Waals surface area contributed by atoms with Gasteiger partial charge in [-0.2, -0.15) is 0 Å². The molecule has 0 radical (unpaired) electrons. The van der Waals surface area contributed by atoms with Crippen molar-refractivity contribution in [3.8, 4) is 5.75 Å². The molecule has 0 bridgehead atoms. The van der Waals surface area contributed by atoms with E-state index in [2.05, 4.69) is 45.1 Å². The fourth-order valence-corrected chi connectivity index (χ4v) is 3.20. The van der Waals surface area contributed by atoms with Crippen molar-refractivity contribution in [1.82, 2.24) is 5.32 Å². The van der Waals surface area contributed by atoms with Crippen molar-refractivity contribution in [2.75, 3.05) is 26.9 Å². The van der Waals surface area contributed by atoms with Gasteiger partial charge in [0.15, 0.2) is 0 Å². The van der Waals surface area contributed by atoms with Gasteiger partial charge in [-0.05, 0) is 50.3 Å². The largest absolute Gasteiger partial charge is 0.497 e. The lowest BCUT2D eigenvalue weighted by Crippen LogP contribution is -2.46. The smallest absolute Gasteiger partial charge is 0.118 e. The molecule has 4 heteroatoms. The van der Waals surface area contributed by atoms with E-state index in [1.807, 2.05) is 12.1 Å². The number of benzene rings is 1. The van der Waals surface area contributed by atoms with Crippen LogP contribution in [0.25, 0.3) is 0 Å². The molecule has 0 aliphatic rings. The zero-order valence-corrected chi connectivity index (χ0v) is 17.4.